The number of piperidine rings is 1. The van der Waals surface area contributed by atoms with Crippen LogP contribution in [0, 0.1) is 5.92 Å². The first-order valence-corrected chi connectivity index (χ1v) is 8.70. The lowest BCUT2D eigenvalue weighted by Gasteiger charge is -2.34. The largest absolute Gasteiger partial charge is 0.369 e. The van der Waals surface area contributed by atoms with Crippen LogP contribution in [0.4, 0.5) is 0 Å². The molecule has 0 aromatic carbocycles. The van der Waals surface area contributed by atoms with E-state index in [9.17, 15) is 18.0 Å². The highest BCUT2D eigenvalue weighted by Crippen LogP contribution is 2.24. The number of hydrogen-bond donors (Lipinski definition) is 1. The number of likely N-dealkylation sites (tertiary alicyclic amines) is 1. The molecule has 0 radical (unpaired) electrons. The molecule has 2 aliphatic heterocycles. The zero-order valence-electron chi connectivity index (χ0n) is 11.6. The molecule has 0 aromatic rings. The summed E-state index contributed by atoms with van der Waals surface area (Å²) in [5.41, 5.74) is 5.25. The lowest BCUT2D eigenvalue weighted by molar-refractivity contribution is -0.135. The summed E-state index contributed by atoms with van der Waals surface area (Å²) in [5.74, 6) is -0.906. The number of nitrogens with zero attached hydrogens (tertiary/aromatic N) is 2. The van der Waals surface area contributed by atoms with E-state index in [4.69, 9.17) is 5.73 Å². The van der Waals surface area contributed by atoms with Gasteiger partial charge < -0.3 is 10.6 Å². The Morgan fingerprint density at radius 1 is 1.15 bits per heavy atom. The number of carbonyl (C=O) groups is 2. The highest BCUT2D eigenvalue weighted by Gasteiger charge is 2.39. The molecule has 2 fully saturated rings. The van der Waals surface area contributed by atoms with E-state index in [1.807, 2.05) is 0 Å². The average Bonchev–Trinajstić information content (AvgIpc) is 2.86. The van der Waals surface area contributed by atoms with Gasteiger partial charge in [-0.1, -0.05) is 6.42 Å². The van der Waals surface area contributed by atoms with Gasteiger partial charge >= 0.3 is 0 Å². The number of rotatable bonds is 3. The van der Waals surface area contributed by atoms with Crippen LogP contribution in [0.5, 0.6) is 0 Å². The molecule has 2 atom stereocenters. The number of nitrogens with two attached hydrogens (primary N) is 1. The van der Waals surface area contributed by atoms with Crippen molar-refractivity contribution >= 4 is 21.8 Å². The third-order valence-electron chi connectivity index (χ3n) is 4.07. The Morgan fingerprint density at radius 3 is 2.40 bits per heavy atom. The predicted molar refractivity (Wildman–Crippen MR) is 73.1 cm³/mol. The molecular formula is C12H21N3O4S. The van der Waals surface area contributed by atoms with Gasteiger partial charge in [0.15, 0.2) is 0 Å². The summed E-state index contributed by atoms with van der Waals surface area (Å²) >= 11 is 0. The van der Waals surface area contributed by atoms with Crippen molar-refractivity contribution in [2.75, 3.05) is 25.9 Å². The van der Waals surface area contributed by atoms with Crippen LogP contribution in [0.3, 0.4) is 0 Å². The van der Waals surface area contributed by atoms with Gasteiger partial charge in [0, 0.05) is 19.6 Å². The molecule has 2 amide bonds. The molecule has 0 saturated carbocycles. The van der Waals surface area contributed by atoms with Crippen molar-refractivity contribution in [1.29, 1.82) is 0 Å². The highest BCUT2D eigenvalue weighted by molar-refractivity contribution is 7.88. The molecule has 2 aliphatic rings. The first kappa shape index (κ1) is 15.2. The van der Waals surface area contributed by atoms with Crippen LogP contribution in [-0.4, -0.2) is 61.4 Å². The molecule has 2 N–H and O–H groups in total. The second-order valence-corrected chi connectivity index (χ2v) is 7.49. The zero-order valence-corrected chi connectivity index (χ0v) is 12.4. The Kier molecular flexibility index (Phi) is 4.33. The molecule has 114 valence electrons. The quantitative estimate of drug-likeness (QED) is 0.732. The van der Waals surface area contributed by atoms with E-state index in [0.717, 1.165) is 19.1 Å². The summed E-state index contributed by atoms with van der Waals surface area (Å²) in [7, 11) is -3.39. The summed E-state index contributed by atoms with van der Waals surface area (Å²) in [6.45, 7) is 1.17. The lowest BCUT2D eigenvalue weighted by atomic mass is 10.0. The number of carbonyl (C=O) groups excluding carboxylic acids is 2. The van der Waals surface area contributed by atoms with Gasteiger partial charge in [-0.3, -0.25) is 9.59 Å². The van der Waals surface area contributed by atoms with Gasteiger partial charge in [-0.05, 0) is 19.3 Å². The van der Waals surface area contributed by atoms with Gasteiger partial charge in [-0.15, -0.1) is 0 Å². The zero-order chi connectivity index (χ0) is 14.9. The SMILES string of the molecule is CS(=O)(=O)N1CCCCC1C(=O)N1CCC(C(N)=O)C1. The maximum Gasteiger partial charge on any atom is 0.241 e. The van der Waals surface area contributed by atoms with Crippen LogP contribution in [0.2, 0.25) is 0 Å². The van der Waals surface area contributed by atoms with E-state index in [0.29, 0.717) is 32.5 Å². The second kappa shape index (κ2) is 5.69. The Bertz CT molecular complexity index is 505. The fourth-order valence-electron chi connectivity index (χ4n) is 2.95. The Hall–Kier alpha value is -1.15. The number of hydrogen-bond acceptors (Lipinski definition) is 4. The molecular weight excluding hydrogens is 282 g/mol. The number of amides is 2. The van der Waals surface area contributed by atoms with E-state index in [1.165, 1.54) is 4.31 Å². The van der Waals surface area contributed by atoms with Crippen molar-refractivity contribution < 1.29 is 18.0 Å². The van der Waals surface area contributed by atoms with Crippen molar-refractivity contribution in [3.63, 3.8) is 0 Å². The molecule has 0 aliphatic carbocycles. The maximum absolute atomic E-state index is 12.5. The van der Waals surface area contributed by atoms with Crippen molar-refractivity contribution in [3.05, 3.63) is 0 Å². The summed E-state index contributed by atoms with van der Waals surface area (Å²) in [6, 6.07) is -0.620. The van der Waals surface area contributed by atoms with E-state index >= 15 is 0 Å². The molecule has 2 unspecified atom stereocenters. The normalized spacial score (nSPS) is 28.6. The van der Waals surface area contributed by atoms with E-state index in [-0.39, 0.29) is 11.8 Å². The van der Waals surface area contributed by atoms with Crippen LogP contribution in [-0.2, 0) is 19.6 Å². The fraction of sp³-hybridized carbons (Fsp3) is 0.833. The Labute approximate surface area is 119 Å². The molecule has 0 spiro atoms. The molecule has 20 heavy (non-hydrogen) atoms. The number of primary amides is 1. The van der Waals surface area contributed by atoms with Crippen molar-refractivity contribution in [2.45, 2.75) is 31.7 Å². The summed E-state index contributed by atoms with van der Waals surface area (Å²) < 4.78 is 24.8. The first-order valence-electron chi connectivity index (χ1n) is 6.85. The molecule has 0 aromatic heterocycles. The van der Waals surface area contributed by atoms with Gasteiger partial charge in [0.2, 0.25) is 21.8 Å². The molecule has 0 bridgehead atoms. The van der Waals surface area contributed by atoms with Gasteiger partial charge in [-0.25, -0.2) is 8.42 Å². The Morgan fingerprint density at radius 2 is 1.85 bits per heavy atom. The average molecular weight is 303 g/mol. The Balaban J connectivity index is 2.09. The predicted octanol–water partition coefficient (Wildman–Crippen LogP) is -0.866. The minimum absolute atomic E-state index is 0.195. The summed E-state index contributed by atoms with van der Waals surface area (Å²) in [4.78, 5) is 25.2. The lowest BCUT2D eigenvalue weighted by Crippen LogP contribution is -2.52. The fourth-order valence-corrected chi connectivity index (χ4v) is 4.07. The smallest absolute Gasteiger partial charge is 0.241 e. The van der Waals surface area contributed by atoms with E-state index < -0.39 is 22.0 Å². The van der Waals surface area contributed by atoms with Gasteiger partial charge in [0.1, 0.15) is 6.04 Å². The molecule has 8 heteroatoms. The van der Waals surface area contributed by atoms with Crippen molar-refractivity contribution in [1.82, 2.24) is 9.21 Å². The second-order valence-electron chi connectivity index (χ2n) is 5.56. The third-order valence-corrected chi connectivity index (χ3v) is 5.36. The maximum atomic E-state index is 12.5. The molecule has 2 heterocycles. The summed E-state index contributed by atoms with van der Waals surface area (Å²) in [5, 5.41) is 0. The summed E-state index contributed by atoms with van der Waals surface area (Å²) in [6.07, 6.45) is 3.86. The monoisotopic (exact) mass is 303 g/mol. The van der Waals surface area contributed by atoms with Crippen LogP contribution in [0.15, 0.2) is 0 Å². The highest BCUT2D eigenvalue weighted by atomic mass is 32.2. The minimum atomic E-state index is -3.39. The van der Waals surface area contributed by atoms with Crippen LogP contribution >= 0.6 is 0 Å². The van der Waals surface area contributed by atoms with Crippen LogP contribution in [0.1, 0.15) is 25.7 Å². The number of sulfonamides is 1. The standard InChI is InChI=1S/C12H21N3O4S/c1-20(18,19)15-6-3-2-4-10(15)12(17)14-7-5-9(8-14)11(13)16/h9-10H,2-8H2,1H3,(H2,13,16). The minimum Gasteiger partial charge on any atom is -0.369 e. The molecule has 2 rings (SSSR count). The topological polar surface area (TPSA) is 101 Å². The van der Waals surface area contributed by atoms with Crippen LogP contribution < -0.4 is 5.73 Å². The van der Waals surface area contributed by atoms with Crippen molar-refractivity contribution in [3.8, 4) is 0 Å². The molecule has 2 saturated heterocycles. The first-order chi connectivity index (χ1) is 9.30. The van der Waals surface area contributed by atoms with E-state index in [2.05, 4.69) is 0 Å². The van der Waals surface area contributed by atoms with Gasteiger partial charge in [0.05, 0.1) is 12.2 Å². The van der Waals surface area contributed by atoms with Gasteiger partial charge in [0.25, 0.3) is 0 Å². The van der Waals surface area contributed by atoms with Crippen LogP contribution in [0.25, 0.3) is 0 Å². The molecule has 7 nitrogen and oxygen atoms in total. The van der Waals surface area contributed by atoms with Gasteiger partial charge in [-0.2, -0.15) is 4.31 Å². The third kappa shape index (κ3) is 3.12. The van der Waals surface area contributed by atoms with E-state index in [1.54, 1.807) is 4.90 Å². The van der Waals surface area contributed by atoms with Crippen molar-refractivity contribution in [2.24, 2.45) is 11.7 Å².